The number of rotatable bonds is 2. The fraction of sp³-hybridized carbons (Fsp3) is 0. The standard InChI is InChI=1S/C9H7IO2/c1-2-9(11)12-8-5-3-7(10)4-6-8/h2-6H,1H2. The van der Waals surface area contributed by atoms with Crippen LogP contribution in [0.25, 0.3) is 0 Å². The van der Waals surface area contributed by atoms with Gasteiger partial charge in [-0.1, -0.05) is 6.58 Å². The third kappa shape index (κ3) is 2.65. The summed E-state index contributed by atoms with van der Waals surface area (Å²) in [6.45, 7) is 3.30. The fourth-order valence-electron chi connectivity index (χ4n) is 0.660. The van der Waals surface area contributed by atoms with Crippen molar-refractivity contribution in [1.82, 2.24) is 0 Å². The monoisotopic (exact) mass is 274 g/mol. The van der Waals surface area contributed by atoms with E-state index in [1.807, 2.05) is 12.1 Å². The molecule has 0 aliphatic heterocycles. The lowest BCUT2D eigenvalue weighted by molar-refractivity contribution is -0.128. The highest BCUT2D eigenvalue weighted by atomic mass is 127. The molecule has 0 unspecified atom stereocenters. The smallest absolute Gasteiger partial charge is 0.335 e. The van der Waals surface area contributed by atoms with Gasteiger partial charge in [-0.3, -0.25) is 0 Å². The van der Waals surface area contributed by atoms with E-state index in [0.29, 0.717) is 5.75 Å². The highest BCUT2D eigenvalue weighted by Crippen LogP contribution is 2.13. The van der Waals surface area contributed by atoms with Gasteiger partial charge >= 0.3 is 5.97 Å². The molecule has 1 rings (SSSR count). The first kappa shape index (κ1) is 9.25. The van der Waals surface area contributed by atoms with Crippen LogP contribution in [0.3, 0.4) is 0 Å². The van der Waals surface area contributed by atoms with Crippen molar-refractivity contribution in [2.24, 2.45) is 0 Å². The number of halogens is 1. The maximum atomic E-state index is 10.7. The zero-order valence-corrected chi connectivity index (χ0v) is 8.45. The molecule has 0 heterocycles. The number of carbonyl (C=O) groups excluding carboxylic acids is 1. The Balaban J connectivity index is 2.71. The van der Waals surface area contributed by atoms with Gasteiger partial charge in [-0.15, -0.1) is 0 Å². The van der Waals surface area contributed by atoms with Gasteiger partial charge in [0.25, 0.3) is 0 Å². The molecular formula is C9H7IO2. The lowest BCUT2D eigenvalue weighted by Gasteiger charge is -1.99. The van der Waals surface area contributed by atoms with Gasteiger partial charge < -0.3 is 4.74 Å². The van der Waals surface area contributed by atoms with E-state index in [1.54, 1.807) is 12.1 Å². The third-order valence-electron chi connectivity index (χ3n) is 1.20. The molecule has 0 aliphatic rings. The Hall–Kier alpha value is -0.840. The molecule has 62 valence electrons. The van der Waals surface area contributed by atoms with Gasteiger partial charge in [-0.25, -0.2) is 4.79 Å². The normalized spacial score (nSPS) is 9.08. The minimum atomic E-state index is -0.434. The minimum Gasteiger partial charge on any atom is -0.423 e. The average molecular weight is 274 g/mol. The van der Waals surface area contributed by atoms with Crippen LogP contribution in [0.2, 0.25) is 0 Å². The number of ether oxygens (including phenoxy) is 1. The molecule has 12 heavy (non-hydrogen) atoms. The first-order valence-corrected chi connectivity index (χ1v) is 4.40. The lowest BCUT2D eigenvalue weighted by atomic mass is 10.3. The predicted octanol–water partition coefficient (Wildman–Crippen LogP) is 2.38. The van der Waals surface area contributed by atoms with Gasteiger partial charge in [0.1, 0.15) is 5.75 Å². The Kier molecular flexibility index (Phi) is 3.28. The summed E-state index contributed by atoms with van der Waals surface area (Å²) in [6.07, 6.45) is 1.14. The van der Waals surface area contributed by atoms with Gasteiger partial charge in [0, 0.05) is 9.65 Å². The van der Waals surface area contributed by atoms with Crippen molar-refractivity contribution in [2.45, 2.75) is 0 Å². The highest BCUT2D eigenvalue weighted by Gasteiger charge is 1.97. The van der Waals surface area contributed by atoms with Crippen molar-refractivity contribution in [1.29, 1.82) is 0 Å². The molecule has 0 saturated carbocycles. The van der Waals surface area contributed by atoms with Crippen molar-refractivity contribution in [3.63, 3.8) is 0 Å². The number of hydrogen-bond acceptors (Lipinski definition) is 2. The first-order chi connectivity index (χ1) is 5.72. The van der Waals surface area contributed by atoms with Crippen LogP contribution in [0.5, 0.6) is 5.75 Å². The Bertz CT molecular complexity index is 290. The second-order valence-electron chi connectivity index (χ2n) is 2.08. The molecule has 0 aliphatic carbocycles. The van der Waals surface area contributed by atoms with Crippen LogP contribution < -0.4 is 4.74 Å². The van der Waals surface area contributed by atoms with E-state index >= 15 is 0 Å². The lowest BCUT2D eigenvalue weighted by Crippen LogP contribution is -2.02. The maximum absolute atomic E-state index is 10.7. The molecule has 0 saturated heterocycles. The van der Waals surface area contributed by atoms with E-state index in [-0.39, 0.29) is 0 Å². The van der Waals surface area contributed by atoms with E-state index in [2.05, 4.69) is 29.2 Å². The van der Waals surface area contributed by atoms with E-state index in [0.717, 1.165) is 9.65 Å². The first-order valence-electron chi connectivity index (χ1n) is 3.32. The molecule has 3 heteroatoms. The predicted molar refractivity (Wildman–Crippen MR) is 55.0 cm³/mol. The Morgan fingerprint density at radius 3 is 2.50 bits per heavy atom. The summed E-state index contributed by atoms with van der Waals surface area (Å²) < 4.78 is 5.96. The SMILES string of the molecule is C=CC(=O)Oc1ccc(I)cc1. The average Bonchev–Trinajstić information content (AvgIpc) is 2.09. The van der Waals surface area contributed by atoms with Gasteiger partial charge in [0.05, 0.1) is 0 Å². The van der Waals surface area contributed by atoms with E-state index in [1.165, 1.54) is 0 Å². The topological polar surface area (TPSA) is 26.3 Å². The number of hydrogen-bond donors (Lipinski definition) is 0. The summed E-state index contributed by atoms with van der Waals surface area (Å²) in [5.74, 6) is 0.108. The zero-order chi connectivity index (χ0) is 8.97. The van der Waals surface area contributed by atoms with Gasteiger partial charge in [-0.2, -0.15) is 0 Å². The van der Waals surface area contributed by atoms with Crippen molar-refractivity contribution in [3.8, 4) is 5.75 Å². The summed E-state index contributed by atoms with van der Waals surface area (Å²) in [5.41, 5.74) is 0. The quantitative estimate of drug-likeness (QED) is 0.358. The Labute approximate surface area is 84.4 Å². The summed E-state index contributed by atoms with van der Waals surface area (Å²) in [7, 11) is 0. The van der Waals surface area contributed by atoms with Crippen LogP contribution in [0.4, 0.5) is 0 Å². The fourth-order valence-corrected chi connectivity index (χ4v) is 1.02. The van der Waals surface area contributed by atoms with Crippen LogP contribution in [0, 0.1) is 3.57 Å². The van der Waals surface area contributed by atoms with Crippen molar-refractivity contribution < 1.29 is 9.53 Å². The Morgan fingerprint density at radius 2 is 2.00 bits per heavy atom. The zero-order valence-electron chi connectivity index (χ0n) is 6.29. The molecule has 1 aromatic carbocycles. The van der Waals surface area contributed by atoms with Crippen LogP contribution in [-0.4, -0.2) is 5.97 Å². The second kappa shape index (κ2) is 4.25. The number of carbonyl (C=O) groups is 1. The third-order valence-corrected chi connectivity index (χ3v) is 1.92. The van der Waals surface area contributed by atoms with E-state index in [4.69, 9.17) is 4.74 Å². The molecule has 0 aromatic heterocycles. The van der Waals surface area contributed by atoms with Crippen LogP contribution in [-0.2, 0) is 4.79 Å². The summed E-state index contributed by atoms with van der Waals surface area (Å²) in [4.78, 5) is 10.7. The molecule has 0 N–H and O–H groups in total. The van der Waals surface area contributed by atoms with Crippen molar-refractivity contribution in [2.75, 3.05) is 0 Å². The largest absolute Gasteiger partial charge is 0.423 e. The molecule has 0 bridgehead atoms. The van der Waals surface area contributed by atoms with E-state index in [9.17, 15) is 4.79 Å². The van der Waals surface area contributed by atoms with Gasteiger partial charge in [0.2, 0.25) is 0 Å². The van der Waals surface area contributed by atoms with E-state index < -0.39 is 5.97 Å². The molecule has 0 fully saturated rings. The van der Waals surface area contributed by atoms with Gasteiger partial charge in [0.15, 0.2) is 0 Å². The summed E-state index contributed by atoms with van der Waals surface area (Å²) in [6, 6.07) is 7.21. The molecule has 0 spiro atoms. The van der Waals surface area contributed by atoms with Crippen LogP contribution in [0.15, 0.2) is 36.9 Å². The van der Waals surface area contributed by atoms with Crippen molar-refractivity contribution >= 4 is 28.6 Å². The maximum Gasteiger partial charge on any atom is 0.335 e. The van der Waals surface area contributed by atoms with Gasteiger partial charge in [-0.05, 0) is 46.9 Å². The molecule has 1 aromatic rings. The molecular weight excluding hydrogens is 267 g/mol. The highest BCUT2D eigenvalue weighted by molar-refractivity contribution is 14.1. The molecule has 2 nitrogen and oxygen atoms in total. The number of benzene rings is 1. The van der Waals surface area contributed by atoms with Crippen LogP contribution >= 0.6 is 22.6 Å². The molecule has 0 radical (unpaired) electrons. The molecule has 0 amide bonds. The van der Waals surface area contributed by atoms with Crippen LogP contribution in [0.1, 0.15) is 0 Å². The number of esters is 1. The summed E-state index contributed by atoms with van der Waals surface area (Å²) >= 11 is 2.18. The second-order valence-corrected chi connectivity index (χ2v) is 3.32. The van der Waals surface area contributed by atoms with Crippen molar-refractivity contribution in [3.05, 3.63) is 40.5 Å². The Morgan fingerprint density at radius 1 is 1.42 bits per heavy atom. The molecule has 0 atom stereocenters. The minimum absolute atomic E-state index is 0.434. The summed E-state index contributed by atoms with van der Waals surface area (Å²) in [5, 5.41) is 0.